The first-order chi connectivity index (χ1) is 12.6. The van der Waals surface area contributed by atoms with Crippen LogP contribution in [0.1, 0.15) is 28.8 Å². The molecular weight excluding hydrogens is 339 g/mol. The summed E-state index contributed by atoms with van der Waals surface area (Å²) < 4.78 is 20.0. The molecule has 1 aliphatic rings. The fourth-order valence-corrected chi connectivity index (χ4v) is 3.24. The van der Waals surface area contributed by atoms with Gasteiger partial charge < -0.3 is 9.64 Å². The van der Waals surface area contributed by atoms with Gasteiger partial charge in [-0.25, -0.2) is 14.2 Å². The zero-order valence-electron chi connectivity index (χ0n) is 14.6. The Balaban J connectivity index is 1.54. The standard InChI is InChI=1S/C18H21FN4O3/c1-26-18(25)15-9-13(2-3-16(15)19)8-14-4-6-22(10-14)17(24)5-7-23-12-20-11-21-23/h2-3,9,11-12,14H,4-8,10H2,1H3. The van der Waals surface area contributed by atoms with Gasteiger partial charge in [0.15, 0.2) is 0 Å². The maximum absolute atomic E-state index is 13.7. The van der Waals surface area contributed by atoms with Crippen LogP contribution in [0.15, 0.2) is 30.9 Å². The summed E-state index contributed by atoms with van der Waals surface area (Å²) in [6.07, 6.45) is 5.01. The van der Waals surface area contributed by atoms with Gasteiger partial charge in [-0.15, -0.1) is 0 Å². The number of carbonyl (C=O) groups excluding carboxylic acids is 2. The minimum atomic E-state index is -0.680. The largest absolute Gasteiger partial charge is 0.465 e. The molecule has 1 aromatic carbocycles. The minimum absolute atomic E-state index is 0.0521. The lowest BCUT2D eigenvalue weighted by Crippen LogP contribution is -2.29. The zero-order valence-corrected chi connectivity index (χ0v) is 14.6. The van der Waals surface area contributed by atoms with Crippen LogP contribution in [0.25, 0.3) is 0 Å². The number of aryl methyl sites for hydroxylation is 1. The first-order valence-corrected chi connectivity index (χ1v) is 8.53. The van der Waals surface area contributed by atoms with Crippen LogP contribution in [0, 0.1) is 11.7 Å². The molecule has 2 heterocycles. The number of amides is 1. The van der Waals surface area contributed by atoms with Gasteiger partial charge >= 0.3 is 5.97 Å². The quantitative estimate of drug-likeness (QED) is 0.733. The fourth-order valence-electron chi connectivity index (χ4n) is 3.24. The molecule has 2 aromatic rings. The lowest BCUT2D eigenvalue weighted by molar-refractivity contribution is -0.130. The molecule has 26 heavy (non-hydrogen) atoms. The van der Waals surface area contributed by atoms with Crippen molar-refractivity contribution in [3.63, 3.8) is 0 Å². The number of carbonyl (C=O) groups is 2. The Labute approximate surface area is 150 Å². The number of aromatic nitrogens is 3. The summed E-state index contributed by atoms with van der Waals surface area (Å²) in [6, 6.07) is 4.50. The van der Waals surface area contributed by atoms with Crippen molar-refractivity contribution in [2.75, 3.05) is 20.2 Å². The molecule has 0 N–H and O–H groups in total. The summed E-state index contributed by atoms with van der Waals surface area (Å²) in [4.78, 5) is 29.6. The Morgan fingerprint density at radius 2 is 2.23 bits per heavy atom. The Morgan fingerprint density at radius 3 is 2.96 bits per heavy atom. The second-order valence-electron chi connectivity index (χ2n) is 6.41. The number of esters is 1. The fraction of sp³-hybridized carbons (Fsp3) is 0.444. The van der Waals surface area contributed by atoms with Gasteiger partial charge in [0.1, 0.15) is 18.5 Å². The van der Waals surface area contributed by atoms with Crippen LogP contribution >= 0.6 is 0 Å². The van der Waals surface area contributed by atoms with E-state index in [0.29, 0.717) is 38.4 Å². The van der Waals surface area contributed by atoms with Crippen LogP contribution < -0.4 is 0 Å². The van der Waals surface area contributed by atoms with Crippen molar-refractivity contribution >= 4 is 11.9 Å². The van der Waals surface area contributed by atoms with Crippen molar-refractivity contribution in [2.24, 2.45) is 5.92 Å². The summed E-state index contributed by atoms with van der Waals surface area (Å²) in [5.74, 6) is -0.878. The molecule has 0 radical (unpaired) electrons. The first kappa shape index (κ1) is 18.0. The molecule has 8 heteroatoms. The van der Waals surface area contributed by atoms with Crippen LogP contribution in [-0.4, -0.2) is 51.7 Å². The summed E-state index contributed by atoms with van der Waals surface area (Å²) in [5.41, 5.74) is 0.817. The average Bonchev–Trinajstić information content (AvgIpc) is 3.32. The Kier molecular flexibility index (Phi) is 5.60. The van der Waals surface area contributed by atoms with E-state index in [1.54, 1.807) is 17.1 Å². The van der Waals surface area contributed by atoms with E-state index in [-0.39, 0.29) is 11.5 Å². The van der Waals surface area contributed by atoms with Gasteiger partial charge in [0.05, 0.1) is 19.2 Å². The summed E-state index contributed by atoms with van der Waals surface area (Å²) >= 11 is 0. The van der Waals surface area contributed by atoms with E-state index in [4.69, 9.17) is 0 Å². The van der Waals surface area contributed by atoms with Gasteiger partial charge in [0, 0.05) is 19.5 Å². The molecule has 1 atom stereocenters. The van der Waals surface area contributed by atoms with Gasteiger partial charge in [-0.05, 0) is 36.5 Å². The van der Waals surface area contributed by atoms with Crippen molar-refractivity contribution in [3.05, 3.63) is 47.8 Å². The summed E-state index contributed by atoms with van der Waals surface area (Å²) in [7, 11) is 1.23. The molecule has 0 spiro atoms. The highest BCUT2D eigenvalue weighted by Crippen LogP contribution is 2.23. The van der Waals surface area contributed by atoms with E-state index in [2.05, 4.69) is 14.8 Å². The molecule has 7 nitrogen and oxygen atoms in total. The normalized spacial score (nSPS) is 16.7. The molecule has 3 rings (SSSR count). The van der Waals surface area contributed by atoms with Gasteiger partial charge in [-0.3, -0.25) is 9.48 Å². The Morgan fingerprint density at radius 1 is 1.38 bits per heavy atom. The van der Waals surface area contributed by atoms with Crippen molar-refractivity contribution in [1.29, 1.82) is 0 Å². The average molecular weight is 360 g/mol. The number of halogens is 1. The van der Waals surface area contributed by atoms with Gasteiger partial charge in [0.2, 0.25) is 5.91 Å². The first-order valence-electron chi connectivity index (χ1n) is 8.53. The molecule has 1 saturated heterocycles. The van der Waals surface area contributed by atoms with Crippen molar-refractivity contribution in [1.82, 2.24) is 19.7 Å². The molecule has 0 bridgehead atoms. The molecule has 0 saturated carbocycles. The number of nitrogens with zero attached hydrogens (tertiary/aromatic N) is 4. The third kappa shape index (κ3) is 4.25. The number of likely N-dealkylation sites (tertiary alicyclic amines) is 1. The van der Waals surface area contributed by atoms with Crippen LogP contribution in [-0.2, 0) is 22.5 Å². The maximum Gasteiger partial charge on any atom is 0.340 e. The van der Waals surface area contributed by atoms with Gasteiger partial charge in [-0.1, -0.05) is 6.07 Å². The minimum Gasteiger partial charge on any atom is -0.465 e. The van der Waals surface area contributed by atoms with E-state index in [9.17, 15) is 14.0 Å². The Bertz CT molecular complexity index is 779. The number of rotatable bonds is 6. The van der Waals surface area contributed by atoms with Gasteiger partial charge in [-0.2, -0.15) is 5.10 Å². The van der Waals surface area contributed by atoms with Crippen LogP contribution in [0.5, 0.6) is 0 Å². The zero-order chi connectivity index (χ0) is 18.5. The molecular formula is C18H21FN4O3. The topological polar surface area (TPSA) is 77.3 Å². The number of benzene rings is 1. The van der Waals surface area contributed by atoms with E-state index in [0.717, 1.165) is 12.0 Å². The summed E-state index contributed by atoms with van der Waals surface area (Å²) in [5, 5.41) is 3.99. The molecule has 1 unspecified atom stereocenters. The third-order valence-electron chi connectivity index (χ3n) is 4.62. The maximum atomic E-state index is 13.7. The smallest absolute Gasteiger partial charge is 0.340 e. The van der Waals surface area contributed by atoms with Crippen LogP contribution in [0.4, 0.5) is 4.39 Å². The lowest BCUT2D eigenvalue weighted by Gasteiger charge is -2.17. The molecule has 1 aliphatic heterocycles. The predicted octanol–water partition coefficient (Wildman–Crippen LogP) is 1.69. The highest BCUT2D eigenvalue weighted by atomic mass is 19.1. The van der Waals surface area contributed by atoms with Crippen molar-refractivity contribution in [3.8, 4) is 0 Å². The summed E-state index contributed by atoms with van der Waals surface area (Å²) in [6.45, 7) is 1.90. The number of hydrogen-bond donors (Lipinski definition) is 0. The SMILES string of the molecule is COC(=O)c1cc(CC2CCN(C(=O)CCn3cncn3)C2)ccc1F. The highest BCUT2D eigenvalue weighted by molar-refractivity contribution is 5.89. The van der Waals surface area contributed by atoms with E-state index < -0.39 is 11.8 Å². The molecule has 1 amide bonds. The molecule has 1 fully saturated rings. The molecule has 0 aliphatic carbocycles. The van der Waals surface area contributed by atoms with Gasteiger partial charge in [0.25, 0.3) is 0 Å². The monoisotopic (exact) mass is 360 g/mol. The molecule has 138 valence electrons. The highest BCUT2D eigenvalue weighted by Gasteiger charge is 2.26. The van der Waals surface area contributed by atoms with Crippen molar-refractivity contribution < 1.29 is 18.7 Å². The molecule has 1 aromatic heterocycles. The number of hydrogen-bond acceptors (Lipinski definition) is 5. The Hall–Kier alpha value is -2.77. The van der Waals surface area contributed by atoms with E-state index in [1.165, 1.54) is 25.6 Å². The van der Waals surface area contributed by atoms with Crippen LogP contribution in [0.2, 0.25) is 0 Å². The van der Waals surface area contributed by atoms with E-state index >= 15 is 0 Å². The second-order valence-corrected chi connectivity index (χ2v) is 6.41. The van der Waals surface area contributed by atoms with Crippen LogP contribution in [0.3, 0.4) is 0 Å². The lowest BCUT2D eigenvalue weighted by atomic mass is 9.97. The number of methoxy groups -OCH3 is 1. The number of ether oxygens (including phenoxy) is 1. The van der Waals surface area contributed by atoms with Crippen molar-refractivity contribution in [2.45, 2.75) is 25.8 Å². The second kappa shape index (κ2) is 8.07. The third-order valence-corrected chi connectivity index (χ3v) is 4.62. The predicted molar refractivity (Wildman–Crippen MR) is 90.8 cm³/mol. The van der Waals surface area contributed by atoms with E-state index in [1.807, 2.05) is 4.90 Å².